The van der Waals surface area contributed by atoms with Gasteiger partial charge >= 0.3 is 12.3 Å². The van der Waals surface area contributed by atoms with E-state index in [1.54, 1.807) is 6.20 Å². The molecule has 120 valence electrons. The van der Waals surface area contributed by atoms with Crippen molar-refractivity contribution in [2.75, 3.05) is 26.2 Å². The van der Waals surface area contributed by atoms with Gasteiger partial charge < -0.3 is 5.32 Å². The molecule has 3 rings (SSSR count). The van der Waals surface area contributed by atoms with Crippen molar-refractivity contribution in [3.8, 4) is 0 Å². The molecule has 4 nitrogen and oxygen atoms in total. The zero-order valence-electron chi connectivity index (χ0n) is 11.7. The van der Waals surface area contributed by atoms with E-state index < -0.39 is 18.9 Å². The minimum Gasteiger partial charge on any atom is -0.308 e. The number of rotatable bonds is 4. The fourth-order valence-corrected chi connectivity index (χ4v) is 2.72. The Kier molecular flexibility index (Phi) is 4.05. The fourth-order valence-electron chi connectivity index (χ4n) is 2.72. The van der Waals surface area contributed by atoms with Gasteiger partial charge in [0.15, 0.2) is 0 Å². The first-order valence-corrected chi connectivity index (χ1v) is 7.00. The molecule has 1 saturated heterocycles. The lowest BCUT2D eigenvalue weighted by Crippen LogP contribution is -2.51. The highest BCUT2D eigenvalue weighted by atomic mass is 19.3. The second-order valence-electron chi connectivity index (χ2n) is 5.52. The lowest BCUT2D eigenvalue weighted by molar-refractivity contribution is -0.144. The lowest BCUT2D eigenvalue weighted by atomic mass is 10.0. The van der Waals surface area contributed by atoms with Gasteiger partial charge in [-0.2, -0.15) is 13.9 Å². The van der Waals surface area contributed by atoms with Crippen LogP contribution in [-0.4, -0.2) is 53.6 Å². The van der Waals surface area contributed by atoms with Gasteiger partial charge in [0.1, 0.15) is 0 Å². The van der Waals surface area contributed by atoms with Gasteiger partial charge in [0.25, 0.3) is 0 Å². The molecule has 8 heteroatoms. The number of nitrogens with one attached hydrogen (secondary N) is 2. The van der Waals surface area contributed by atoms with Crippen molar-refractivity contribution in [3.05, 3.63) is 30.0 Å². The summed E-state index contributed by atoms with van der Waals surface area (Å²) < 4.78 is 51.1. The molecule has 1 unspecified atom stereocenters. The Labute approximate surface area is 124 Å². The van der Waals surface area contributed by atoms with Crippen LogP contribution in [-0.2, 0) is 0 Å². The fraction of sp³-hybridized carbons (Fsp3) is 0.500. The average Bonchev–Trinajstić information content (AvgIpc) is 2.94. The number of benzene rings is 1. The van der Waals surface area contributed by atoms with Crippen LogP contribution in [0.3, 0.4) is 0 Å². The summed E-state index contributed by atoms with van der Waals surface area (Å²) in [6.07, 6.45) is -1.95. The zero-order chi connectivity index (χ0) is 15.7. The van der Waals surface area contributed by atoms with Gasteiger partial charge in [-0.05, 0) is 17.7 Å². The van der Waals surface area contributed by atoms with Crippen LogP contribution in [0.15, 0.2) is 24.4 Å². The minimum atomic E-state index is -3.98. The maximum Gasteiger partial charge on any atom is 0.319 e. The van der Waals surface area contributed by atoms with Gasteiger partial charge in [0, 0.05) is 31.1 Å². The predicted octanol–water partition coefficient (Wildman–Crippen LogP) is 2.41. The Morgan fingerprint density at radius 2 is 2.18 bits per heavy atom. The number of aromatic nitrogens is 2. The van der Waals surface area contributed by atoms with Gasteiger partial charge in [0.2, 0.25) is 0 Å². The molecule has 0 amide bonds. The number of alkyl halides is 4. The normalized spacial score (nSPS) is 20.9. The van der Waals surface area contributed by atoms with Crippen LogP contribution in [0, 0.1) is 0 Å². The van der Waals surface area contributed by atoms with E-state index in [9.17, 15) is 17.6 Å². The summed E-state index contributed by atoms with van der Waals surface area (Å²) in [4.78, 5) is 1.38. The number of hydrogen-bond donors (Lipinski definition) is 2. The quantitative estimate of drug-likeness (QED) is 0.852. The minimum absolute atomic E-state index is 0.165. The van der Waals surface area contributed by atoms with E-state index >= 15 is 0 Å². The summed E-state index contributed by atoms with van der Waals surface area (Å²) in [5.41, 5.74) is 1.82. The van der Waals surface area contributed by atoms with Crippen LogP contribution >= 0.6 is 0 Å². The first-order valence-electron chi connectivity index (χ1n) is 7.00. The van der Waals surface area contributed by atoms with Crippen molar-refractivity contribution in [3.63, 3.8) is 0 Å². The molecule has 2 aromatic rings. The topological polar surface area (TPSA) is 44.0 Å². The summed E-state index contributed by atoms with van der Waals surface area (Å²) >= 11 is 0. The Morgan fingerprint density at radius 1 is 1.36 bits per heavy atom. The molecular weight excluding hydrogens is 300 g/mol. The average molecular weight is 316 g/mol. The molecule has 1 fully saturated rings. The van der Waals surface area contributed by atoms with Crippen LogP contribution in [0.25, 0.3) is 10.9 Å². The number of nitrogens with zero attached hydrogens (tertiary/aromatic N) is 2. The molecule has 22 heavy (non-hydrogen) atoms. The molecule has 0 saturated carbocycles. The summed E-state index contributed by atoms with van der Waals surface area (Å²) in [5, 5.41) is 10.9. The molecule has 0 bridgehead atoms. The zero-order valence-corrected chi connectivity index (χ0v) is 11.7. The van der Waals surface area contributed by atoms with Crippen LogP contribution in [0.4, 0.5) is 17.6 Å². The second kappa shape index (κ2) is 5.85. The third kappa shape index (κ3) is 3.07. The third-order valence-corrected chi connectivity index (χ3v) is 3.88. The molecule has 1 atom stereocenters. The number of hydrogen-bond acceptors (Lipinski definition) is 3. The third-order valence-electron chi connectivity index (χ3n) is 3.88. The van der Waals surface area contributed by atoms with Crippen molar-refractivity contribution in [1.29, 1.82) is 0 Å². The molecular formula is C14H16F4N4. The Morgan fingerprint density at radius 3 is 2.95 bits per heavy atom. The van der Waals surface area contributed by atoms with Gasteiger partial charge in [0.05, 0.1) is 18.3 Å². The van der Waals surface area contributed by atoms with Gasteiger partial charge in [-0.15, -0.1) is 0 Å². The Balaban J connectivity index is 1.72. The highest BCUT2D eigenvalue weighted by Gasteiger charge is 2.43. The van der Waals surface area contributed by atoms with Crippen LogP contribution in [0.5, 0.6) is 0 Å². The summed E-state index contributed by atoms with van der Waals surface area (Å²) in [5.74, 6) is -3.98. The maximum atomic E-state index is 13.2. The number of fused-ring (bicyclic) bond motifs is 1. The van der Waals surface area contributed by atoms with E-state index in [2.05, 4.69) is 15.5 Å². The van der Waals surface area contributed by atoms with E-state index in [4.69, 9.17) is 0 Å². The number of piperazine rings is 1. The summed E-state index contributed by atoms with van der Waals surface area (Å²) in [7, 11) is 0. The molecule has 1 aromatic heterocycles. The van der Waals surface area contributed by atoms with E-state index in [1.807, 2.05) is 18.2 Å². The highest BCUT2D eigenvalue weighted by molar-refractivity contribution is 5.78. The molecule has 2 heterocycles. The smallest absolute Gasteiger partial charge is 0.308 e. The van der Waals surface area contributed by atoms with E-state index in [0.29, 0.717) is 13.1 Å². The van der Waals surface area contributed by atoms with Gasteiger partial charge in [-0.1, -0.05) is 6.07 Å². The van der Waals surface area contributed by atoms with E-state index in [1.165, 1.54) is 4.90 Å². The molecule has 2 N–H and O–H groups in total. The molecule has 0 aliphatic carbocycles. The second-order valence-corrected chi connectivity index (χ2v) is 5.52. The Bertz CT molecular complexity index is 643. The molecule has 1 aromatic carbocycles. The molecule has 0 spiro atoms. The molecule has 1 aliphatic rings. The first-order chi connectivity index (χ1) is 10.5. The van der Waals surface area contributed by atoms with Crippen LogP contribution in [0.2, 0.25) is 0 Å². The van der Waals surface area contributed by atoms with Crippen molar-refractivity contribution >= 4 is 10.9 Å². The van der Waals surface area contributed by atoms with Gasteiger partial charge in [-0.25, -0.2) is 8.78 Å². The maximum absolute atomic E-state index is 13.2. The predicted molar refractivity (Wildman–Crippen MR) is 74.2 cm³/mol. The number of halogens is 4. The van der Waals surface area contributed by atoms with Crippen molar-refractivity contribution in [2.24, 2.45) is 0 Å². The summed E-state index contributed by atoms with van der Waals surface area (Å²) in [6.45, 7) is 0.155. The Hall–Kier alpha value is -1.67. The van der Waals surface area contributed by atoms with E-state index in [0.717, 1.165) is 16.5 Å². The van der Waals surface area contributed by atoms with Gasteiger partial charge in [-0.3, -0.25) is 10.00 Å². The lowest BCUT2D eigenvalue weighted by Gasteiger charge is -2.35. The monoisotopic (exact) mass is 316 g/mol. The molecule has 0 radical (unpaired) electrons. The summed E-state index contributed by atoms with van der Waals surface area (Å²) in [6, 6.07) is 5.51. The van der Waals surface area contributed by atoms with Crippen molar-refractivity contribution in [2.45, 2.75) is 18.4 Å². The van der Waals surface area contributed by atoms with Crippen molar-refractivity contribution < 1.29 is 17.6 Å². The standard InChI is InChI=1S/C14H16F4N4/c15-13(16)14(17,18)8-22-4-3-19-12(7-22)9-1-2-11-10(5-9)6-20-21-11/h1-2,5-6,12-13,19H,3-4,7-8H2,(H,20,21). The van der Waals surface area contributed by atoms with Crippen LogP contribution in [0.1, 0.15) is 11.6 Å². The van der Waals surface area contributed by atoms with Crippen LogP contribution < -0.4 is 5.32 Å². The molecule has 1 aliphatic heterocycles. The SMILES string of the molecule is FC(F)C(F)(F)CN1CCNC(c2ccc3[nH]ncc3c2)C1. The van der Waals surface area contributed by atoms with E-state index in [-0.39, 0.29) is 12.6 Å². The number of aromatic amines is 1. The van der Waals surface area contributed by atoms with Crippen molar-refractivity contribution in [1.82, 2.24) is 20.4 Å². The largest absolute Gasteiger partial charge is 0.319 e. The number of H-pyrrole nitrogens is 1. The first kappa shape index (κ1) is 15.2. The highest BCUT2D eigenvalue weighted by Crippen LogP contribution is 2.27.